The van der Waals surface area contributed by atoms with Crippen LogP contribution in [0.5, 0.6) is 0 Å². The van der Waals surface area contributed by atoms with Crippen molar-refractivity contribution in [3.63, 3.8) is 0 Å². The van der Waals surface area contributed by atoms with Crippen LogP contribution >= 0.6 is 0 Å². The molecule has 166 valence electrons. The predicted octanol–water partition coefficient (Wildman–Crippen LogP) is 3.19. The minimum absolute atomic E-state index is 0.0821. The van der Waals surface area contributed by atoms with Gasteiger partial charge in [-0.05, 0) is 31.9 Å². The van der Waals surface area contributed by atoms with Crippen LogP contribution in [0.3, 0.4) is 0 Å². The summed E-state index contributed by atoms with van der Waals surface area (Å²) in [6, 6.07) is 5.13. The number of aromatic nitrogens is 2. The zero-order valence-electron chi connectivity index (χ0n) is 18.8. The van der Waals surface area contributed by atoms with Crippen LogP contribution in [0.15, 0.2) is 18.2 Å². The third kappa shape index (κ3) is 5.35. The average Bonchev–Trinajstić information content (AvgIpc) is 2.71. The number of nitro benzene ring substituents is 1. The molecule has 0 aliphatic carbocycles. The molecule has 9 nitrogen and oxygen atoms in total. The maximum atomic E-state index is 12.6. The number of amides is 1. The topological polar surface area (TPSA) is 104 Å². The lowest BCUT2D eigenvalue weighted by Gasteiger charge is -2.35. The molecule has 1 aromatic heterocycles. The molecule has 1 aliphatic heterocycles. The molecule has 1 amide bonds. The standard InChI is InChI=1S/C22H30N6O3/c1-14(2)22-23-16(4)12-19(24-22)27-10-8-26(9-11-27)13-20(29)25-21-17(5)15(3)6-7-18(21)28(30)31/h6-7,12,14H,8-11,13H2,1-5H3,(H,25,29). The van der Waals surface area contributed by atoms with Gasteiger partial charge in [-0.15, -0.1) is 0 Å². The Balaban J connectivity index is 1.62. The number of hydrogen-bond donors (Lipinski definition) is 1. The molecule has 2 heterocycles. The Morgan fingerprint density at radius 2 is 1.84 bits per heavy atom. The zero-order chi connectivity index (χ0) is 22.7. The number of nitrogens with zero attached hydrogens (tertiary/aromatic N) is 5. The molecule has 1 N–H and O–H groups in total. The number of rotatable bonds is 6. The highest BCUT2D eigenvalue weighted by molar-refractivity contribution is 5.95. The molecule has 1 fully saturated rings. The maximum Gasteiger partial charge on any atom is 0.293 e. The molecule has 3 rings (SSSR count). The van der Waals surface area contributed by atoms with Gasteiger partial charge in [0.15, 0.2) is 0 Å². The number of anilines is 2. The van der Waals surface area contributed by atoms with Crippen molar-refractivity contribution in [1.29, 1.82) is 0 Å². The minimum atomic E-state index is -0.462. The molecule has 0 unspecified atom stereocenters. The summed E-state index contributed by atoms with van der Waals surface area (Å²) in [5.74, 6) is 1.78. The first-order valence-electron chi connectivity index (χ1n) is 10.5. The molecule has 0 bridgehead atoms. The van der Waals surface area contributed by atoms with Gasteiger partial charge in [-0.2, -0.15) is 0 Å². The van der Waals surface area contributed by atoms with Gasteiger partial charge >= 0.3 is 0 Å². The van der Waals surface area contributed by atoms with Crippen LogP contribution in [-0.4, -0.2) is 58.4 Å². The molecule has 0 atom stereocenters. The van der Waals surface area contributed by atoms with E-state index in [1.54, 1.807) is 13.0 Å². The Kier molecular flexibility index (Phi) is 6.84. The Morgan fingerprint density at radius 1 is 1.16 bits per heavy atom. The number of nitrogens with one attached hydrogen (secondary N) is 1. The largest absolute Gasteiger partial charge is 0.354 e. The highest BCUT2D eigenvalue weighted by Gasteiger charge is 2.23. The van der Waals surface area contributed by atoms with Crippen molar-refractivity contribution in [1.82, 2.24) is 14.9 Å². The summed E-state index contributed by atoms with van der Waals surface area (Å²) in [4.78, 5) is 37.0. The van der Waals surface area contributed by atoms with Crippen LogP contribution in [0.1, 0.15) is 42.4 Å². The predicted molar refractivity (Wildman–Crippen MR) is 121 cm³/mol. The number of piperazine rings is 1. The van der Waals surface area contributed by atoms with Crippen molar-refractivity contribution in [3.8, 4) is 0 Å². The molecule has 9 heteroatoms. The maximum absolute atomic E-state index is 12.6. The van der Waals surface area contributed by atoms with E-state index in [2.05, 4.69) is 33.9 Å². The fourth-order valence-electron chi connectivity index (χ4n) is 3.62. The number of carbonyl (C=O) groups excluding carboxylic acids is 1. The summed E-state index contributed by atoms with van der Waals surface area (Å²) in [6.45, 7) is 12.9. The normalized spacial score (nSPS) is 14.7. The third-order valence-electron chi connectivity index (χ3n) is 5.61. The lowest BCUT2D eigenvalue weighted by Crippen LogP contribution is -2.49. The second-order valence-corrected chi connectivity index (χ2v) is 8.35. The fraction of sp³-hybridized carbons (Fsp3) is 0.500. The van der Waals surface area contributed by atoms with Crippen LogP contribution in [0.25, 0.3) is 0 Å². The quantitative estimate of drug-likeness (QED) is 0.559. The molecule has 1 saturated heterocycles. The van der Waals surface area contributed by atoms with Crippen LogP contribution < -0.4 is 10.2 Å². The average molecular weight is 427 g/mol. The van der Waals surface area contributed by atoms with Crippen molar-refractivity contribution in [3.05, 3.63) is 51.0 Å². The number of hydrogen-bond acceptors (Lipinski definition) is 7. The Labute approximate surface area is 182 Å². The highest BCUT2D eigenvalue weighted by atomic mass is 16.6. The van der Waals surface area contributed by atoms with E-state index < -0.39 is 4.92 Å². The van der Waals surface area contributed by atoms with Gasteiger partial charge in [0.2, 0.25) is 5.91 Å². The zero-order valence-corrected chi connectivity index (χ0v) is 18.8. The van der Waals surface area contributed by atoms with Crippen molar-refractivity contribution >= 4 is 23.1 Å². The molecule has 0 spiro atoms. The van der Waals surface area contributed by atoms with Crippen molar-refractivity contribution in [2.45, 2.75) is 40.5 Å². The van der Waals surface area contributed by atoms with Gasteiger partial charge in [-0.25, -0.2) is 9.97 Å². The fourth-order valence-corrected chi connectivity index (χ4v) is 3.62. The molecule has 0 radical (unpaired) electrons. The van der Waals surface area contributed by atoms with E-state index in [9.17, 15) is 14.9 Å². The molecule has 1 aliphatic rings. The molecule has 31 heavy (non-hydrogen) atoms. The van der Waals surface area contributed by atoms with E-state index in [1.807, 2.05) is 19.9 Å². The highest BCUT2D eigenvalue weighted by Crippen LogP contribution is 2.30. The first kappa shape index (κ1) is 22.6. The SMILES string of the molecule is Cc1cc(N2CCN(CC(=O)Nc3c([N+](=O)[O-])ccc(C)c3C)CC2)nc(C(C)C)n1. The lowest BCUT2D eigenvalue weighted by atomic mass is 10.1. The molecule has 1 aromatic carbocycles. The molecular weight excluding hydrogens is 396 g/mol. The van der Waals surface area contributed by atoms with Crippen molar-refractivity contribution in [2.24, 2.45) is 0 Å². The van der Waals surface area contributed by atoms with Gasteiger partial charge in [-0.1, -0.05) is 19.9 Å². The molecule has 0 saturated carbocycles. The molecular formula is C22H30N6O3. The van der Waals surface area contributed by atoms with Gasteiger partial charge in [0.05, 0.1) is 11.5 Å². The van der Waals surface area contributed by atoms with Gasteiger partial charge < -0.3 is 10.2 Å². The van der Waals surface area contributed by atoms with Crippen molar-refractivity contribution < 1.29 is 9.72 Å². The van der Waals surface area contributed by atoms with E-state index >= 15 is 0 Å². The molecule has 2 aromatic rings. The first-order chi connectivity index (χ1) is 14.7. The van der Waals surface area contributed by atoms with E-state index in [4.69, 9.17) is 4.98 Å². The Bertz CT molecular complexity index is 983. The number of aryl methyl sites for hydroxylation is 2. The summed E-state index contributed by atoms with van der Waals surface area (Å²) < 4.78 is 0. The van der Waals surface area contributed by atoms with E-state index in [-0.39, 0.29) is 29.7 Å². The minimum Gasteiger partial charge on any atom is -0.354 e. The lowest BCUT2D eigenvalue weighted by molar-refractivity contribution is -0.384. The smallest absolute Gasteiger partial charge is 0.293 e. The second-order valence-electron chi connectivity index (χ2n) is 8.35. The Morgan fingerprint density at radius 3 is 2.45 bits per heavy atom. The van der Waals surface area contributed by atoms with Gasteiger partial charge in [0.25, 0.3) is 5.69 Å². The van der Waals surface area contributed by atoms with E-state index in [1.165, 1.54) is 6.07 Å². The monoisotopic (exact) mass is 426 g/mol. The van der Waals surface area contributed by atoms with Crippen LogP contribution in [0, 0.1) is 30.9 Å². The van der Waals surface area contributed by atoms with Crippen LogP contribution in [0.4, 0.5) is 17.2 Å². The first-order valence-corrected chi connectivity index (χ1v) is 10.5. The summed E-state index contributed by atoms with van der Waals surface area (Å²) in [7, 11) is 0. The number of carbonyl (C=O) groups is 1. The van der Waals surface area contributed by atoms with Crippen LogP contribution in [-0.2, 0) is 4.79 Å². The summed E-state index contributed by atoms with van der Waals surface area (Å²) >= 11 is 0. The summed E-state index contributed by atoms with van der Waals surface area (Å²) in [5, 5.41) is 14.1. The van der Waals surface area contributed by atoms with Gasteiger partial charge in [0, 0.05) is 49.9 Å². The van der Waals surface area contributed by atoms with E-state index in [0.717, 1.165) is 36.0 Å². The van der Waals surface area contributed by atoms with Crippen molar-refractivity contribution in [2.75, 3.05) is 42.9 Å². The van der Waals surface area contributed by atoms with E-state index in [0.29, 0.717) is 18.7 Å². The Hall–Kier alpha value is -3.07. The third-order valence-corrected chi connectivity index (χ3v) is 5.61. The number of nitro groups is 1. The second kappa shape index (κ2) is 9.38. The number of benzene rings is 1. The van der Waals surface area contributed by atoms with Crippen LogP contribution in [0.2, 0.25) is 0 Å². The summed E-state index contributed by atoms with van der Waals surface area (Å²) in [6.07, 6.45) is 0. The summed E-state index contributed by atoms with van der Waals surface area (Å²) in [5.41, 5.74) is 2.76. The van der Waals surface area contributed by atoms with Gasteiger partial charge in [-0.3, -0.25) is 19.8 Å². The van der Waals surface area contributed by atoms with Gasteiger partial charge in [0.1, 0.15) is 17.3 Å².